The molecular formula is C15H13N3OS. The summed E-state index contributed by atoms with van der Waals surface area (Å²) in [6.45, 7) is 1.58. The molecule has 3 heterocycles. The highest BCUT2D eigenvalue weighted by molar-refractivity contribution is 8.13. The molecule has 1 aliphatic carbocycles. The van der Waals surface area contributed by atoms with Crippen molar-refractivity contribution in [3.8, 4) is 0 Å². The molecule has 0 aromatic carbocycles. The normalized spacial score (nSPS) is 25.2. The van der Waals surface area contributed by atoms with Crippen molar-refractivity contribution in [1.82, 2.24) is 9.55 Å². The third-order valence-corrected chi connectivity index (χ3v) is 4.52. The van der Waals surface area contributed by atoms with Gasteiger partial charge in [-0.25, -0.2) is 4.98 Å². The molecule has 1 unspecified atom stereocenters. The van der Waals surface area contributed by atoms with Crippen LogP contribution >= 0.6 is 11.8 Å². The van der Waals surface area contributed by atoms with E-state index < -0.39 is 0 Å². The van der Waals surface area contributed by atoms with Crippen molar-refractivity contribution < 1.29 is 4.79 Å². The zero-order valence-electron chi connectivity index (χ0n) is 11.0. The van der Waals surface area contributed by atoms with Crippen LogP contribution in [0.2, 0.25) is 0 Å². The first-order chi connectivity index (χ1) is 9.72. The first kappa shape index (κ1) is 11.8. The maximum absolute atomic E-state index is 11.4. The summed E-state index contributed by atoms with van der Waals surface area (Å²) in [5.41, 5.74) is 0.889. The lowest BCUT2D eigenvalue weighted by Gasteiger charge is -2.35. The number of nitrogens with zero attached hydrogens (tertiary/aromatic N) is 3. The molecular weight excluding hydrogens is 270 g/mol. The molecule has 0 fully saturated rings. The SMILES string of the molecule is CC(=O)Sc1cnc2n1C1=CCC=CC13C=CC=CN23. The number of aromatic nitrogens is 2. The molecule has 1 spiro atoms. The summed E-state index contributed by atoms with van der Waals surface area (Å²) in [4.78, 5) is 18.1. The number of carbonyl (C=O) groups excluding carboxylic acids is 1. The lowest BCUT2D eigenvalue weighted by atomic mass is 9.88. The van der Waals surface area contributed by atoms with Gasteiger partial charge in [0.1, 0.15) is 10.6 Å². The summed E-state index contributed by atoms with van der Waals surface area (Å²) < 4.78 is 2.09. The highest BCUT2D eigenvalue weighted by Gasteiger charge is 2.47. The van der Waals surface area contributed by atoms with Crippen LogP contribution in [0.4, 0.5) is 5.95 Å². The van der Waals surface area contributed by atoms with Gasteiger partial charge >= 0.3 is 0 Å². The minimum Gasteiger partial charge on any atom is -0.300 e. The monoisotopic (exact) mass is 283 g/mol. The Morgan fingerprint density at radius 3 is 3.15 bits per heavy atom. The Balaban J connectivity index is 1.93. The Kier molecular flexibility index (Phi) is 2.35. The Bertz CT molecular complexity index is 725. The van der Waals surface area contributed by atoms with Crippen molar-refractivity contribution in [1.29, 1.82) is 0 Å². The van der Waals surface area contributed by atoms with Crippen LogP contribution < -0.4 is 4.90 Å². The van der Waals surface area contributed by atoms with Crippen LogP contribution in [0.25, 0.3) is 5.70 Å². The van der Waals surface area contributed by atoms with Gasteiger partial charge in [0, 0.05) is 13.1 Å². The van der Waals surface area contributed by atoms with Gasteiger partial charge in [0.2, 0.25) is 5.95 Å². The molecule has 0 radical (unpaired) electrons. The standard InChI is InChI=1S/C15H13N3OS/c1-11(19)20-13-10-16-14-17-9-5-4-8-15(17)7-3-2-6-12(15)18(13)14/h3-10H,2H2,1H3. The van der Waals surface area contributed by atoms with Crippen molar-refractivity contribution in [3.63, 3.8) is 0 Å². The molecule has 1 aromatic rings. The van der Waals surface area contributed by atoms with Crippen molar-refractivity contribution in [2.75, 3.05) is 4.90 Å². The fourth-order valence-corrected chi connectivity index (χ4v) is 3.68. The second-order valence-corrected chi connectivity index (χ2v) is 6.15. The number of anilines is 1. The third-order valence-electron chi connectivity index (χ3n) is 3.74. The molecule has 1 atom stereocenters. The summed E-state index contributed by atoms with van der Waals surface area (Å²) in [7, 11) is 0. The van der Waals surface area contributed by atoms with Crippen LogP contribution in [0, 0.1) is 0 Å². The highest BCUT2D eigenvalue weighted by atomic mass is 32.2. The lowest BCUT2D eigenvalue weighted by molar-refractivity contribution is -0.109. The number of hydrogen-bond donors (Lipinski definition) is 0. The maximum Gasteiger partial charge on any atom is 0.216 e. The summed E-state index contributed by atoms with van der Waals surface area (Å²) in [6, 6.07) is 0. The number of thioether (sulfide) groups is 1. The van der Waals surface area contributed by atoms with Gasteiger partial charge in [-0.05, 0) is 30.3 Å². The van der Waals surface area contributed by atoms with Crippen LogP contribution in [-0.2, 0) is 4.79 Å². The zero-order valence-corrected chi connectivity index (χ0v) is 11.8. The molecule has 4 nitrogen and oxygen atoms in total. The molecule has 0 saturated heterocycles. The fraction of sp³-hybridized carbons (Fsp3) is 0.200. The average Bonchev–Trinajstić information content (AvgIpc) is 2.95. The van der Waals surface area contributed by atoms with Crippen LogP contribution in [-0.4, -0.2) is 20.2 Å². The quantitative estimate of drug-likeness (QED) is 0.586. The molecule has 0 N–H and O–H groups in total. The van der Waals surface area contributed by atoms with Crippen molar-refractivity contribution in [2.24, 2.45) is 0 Å². The first-order valence-electron chi connectivity index (χ1n) is 6.52. The summed E-state index contributed by atoms with van der Waals surface area (Å²) >= 11 is 1.23. The van der Waals surface area contributed by atoms with Gasteiger partial charge < -0.3 is 0 Å². The van der Waals surface area contributed by atoms with Gasteiger partial charge in [0.25, 0.3) is 0 Å². The second kappa shape index (κ2) is 3.99. The molecule has 3 aliphatic rings. The Hall–Kier alpha value is -2.01. The van der Waals surface area contributed by atoms with Gasteiger partial charge in [0.05, 0.1) is 11.9 Å². The van der Waals surface area contributed by atoms with E-state index in [1.807, 2.05) is 12.3 Å². The summed E-state index contributed by atoms with van der Waals surface area (Å²) in [5.74, 6) is 0.868. The molecule has 0 bridgehead atoms. The van der Waals surface area contributed by atoms with E-state index in [1.165, 1.54) is 11.8 Å². The topological polar surface area (TPSA) is 38.1 Å². The van der Waals surface area contributed by atoms with Crippen molar-refractivity contribution >= 4 is 28.5 Å². The van der Waals surface area contributed by atoms with Gasteiger partial charge in [-0.15, -0.1) is 0 Å². The maximum atomic E-state index is 11.4. The van der Waals surface area contributed by atoms with E-state index in [2.05, 4.69) is 44.8 Å². The van der Waals surface area contributed by atoms with Gasteiger partial charge in [-0.3, -0.25) is 14.3 Å². The molecule has 5 heteroatoms. The predicted octanol–water partition coefficient (Wildman–Crippen LogP) is 2.96. The highest BCUT2D eigenvalue weighted by Crippen LogP contribution is 2.48. The van der Waals surface area contributed by atoms with Crippen LogP contribution in [0.5, 0.6) is 0 Å². The molecule has 20 heavy (non-hydrogen) atoms. The van der Waals surface area contributed by atoms with E-state index in [0.29, 0.717) is 0 Å². The molecule has 0 saturated carbocycles. The second-order valence-electron chi connectivity index (χ2n) is 4.95. The largest absolute Gasteiger partial charge is 0.300 e. The van der Waals surface area contributed by atoms with Crippen LogP contribution in [0.1, 0.15) is 13.3 Å². The summed E-state index contributed by atoms with van der Waals surface area (Å²) in [5, 5.41) is 0.953. The number of allylic oxidation sites excluding steroid dienone is 4. The number of rotatable bonds is 1. The molecule has 2 aliphatic heterocycles. The number of imidazole rings is 1. The molecule has 0 amide bonds. The van der Waals surface area contributed by atoms with Gasteiger partial charge in [0.15, 0.2) is 5.12 Å². The van der Waals surface area contributed by atoms with E-state index >= 15 is 0 Å². The predicted molar refractivity (Wildman–Crippen MR) is 80.3 cm³/mol. The Labute approximate surface area is 121 Å². The minimum atomic E-state index is -0.275. The van der Waals surface area contributed by atoms with Gasteiger partial charge in [-0.2, -0.15) is 0 Å². The smallest absolute Gasteiger partial charge is 0.216 e. The zero-order chi connectivity index (χ0) is 13.7. The Morgan fingerprint density at radius 1 is 1.40 bits per heavy atom. The van der Waals surface area contributed by atoms with Crippen LogP contribution in [0.3, 0.4) is 0 Å². The average molecular weight is 283 g/mol. The van der Waals surface area contributed by atoms with E-state index in [0.717, 1.165) is 23.1 Å². The van der Waals surface area contributed by atoms with E-state index in [-0.39, 0.29) is 10.7 Å². The van der Waals surface area contributed by atoms with E-state index in [1.54, 1.807) is 13.1 Å². The van der Waals surface area contributed by atoms with Gasteiger partial charge in [-0.1, -0.05) is 24.3 Å². The summed E-state index contributed by atoms with van der Waals surface area (Å²) in [6.07, 6.45) is 17.5. The molecule has 1 aromatic heterocycles. The molecule has 4 rings (SSSR count). The van der Waals surface area contributed by atoms with E-state index in [4.69, 9.17) is 0 Å². The third kappa shape index (κ3) is 1.38. The minimum absolute atomic E-state index is 0.0738. The molecule has 100 valence electrons. The van der Waals surface area contributed by atoms with Crippen LogP contribution in [0.15, 0.2) is 53.9 Å². The number of hydrogen-bond acceptors (Lipinski definition) is 4. The lowest BCUT2D eigenvalue weighted by Crippen LogP contribution is -2.41. The Morgan fingerprint density at radius 2 is 2.30 bits per heavy atom. The number of fused-ring (bicyclic) bond motifs is 3. The fourth-order valence-electron chi connectivity index (χ4n) is 3.01. The first-order valence-corrected chi connectivity index (χ1v) is 7.34. The number of carbonyl (C=O) groups is 1. The van der Waals surface area contributed by atoms with Crippen molar-refractivity contribution in [3.05, 3.63) is 48.9 Å². The van der Waals surface area contributed by atoms with E-state index in [9.17, 15) is 4.79 Å². The van der Waals surface area contributed by atoms with Crippen molar-refractivity contribution in [2.45, 2.75) is 23.9 Å².